The number of thiophene rings is 1. The monoisotopic (exact) mass is 218 g/mol. The van der Waals surface area contributed by atoms with Crippen LogP contribution in [0.1, 0.15) is 11.8 Å². The predicted octanol–water partition coefficient (Wildman–Crippen LogP) is 2.47. The zero-order valence-corrected chi connectivity index (χ0v) is 8.91. The molecule has 64 valence electrons. The van der Waals surface area contributed by atoms with E-state index in [0.717, 1.165) is 4.57 Å². The molecule has 1 aromatic rings. The summed E-state index contributed by atoms with van der Waals surface area (Å²) in [4.78, 5) is 1.24. The molecule has 0 saturated heterocycles. The Hall–Kier alpha value is -0.198. The molecule has 0 unspecified atom stereocenters. The van der Waals surface area contributed by atoms with Crippen molar-refractivity contribution in [3.8, 4) is 0 Å². The van der Waals surface area contributed by atoms with Gasteiger partial charge in [0.15, 0.2) is 0 Å². The van der Waals surface area contributed by atoms with Crippen LogP contribution in [-0.4, -0.2) is 11.2 Å². The van der Waals surface area contributed by atoms with E-state index in [1.807, 2.05) is 25.1 Å². The van der Waals surface area contributed by atoms with Crippen LogP contribution in [0.4, 0.5) is 0 Å². The van der Waals surface area contributed by atoms with E-state index < -0.39 is 0 Å². The van der Waals surface area contributed by atoms with Gasteiger partial charge in [0.05, 0.1) is 0 Å². The van der Waals surface area contributed by atoms with Crippen LogP contribution in [0.2, 0.25) is 0 Å². The van der Waals surface area contributed by atoms with Gasteiger partial charge in [0.2, 0.25) is 0 Å². The molecule has 0 spiro atoms. The number of rotatable bonds is 4. The van der Waals surface area contributed by atoms with Gasteiger partial charge in [0.1, 0.15) is 0 Å². The molecule has 0 fully saturated rings. The van der Waals surface area contributed by atoms with Crippen molar-refractivity contribution >= 4 is 22.0 Å². The Balaban J connectivity index is 2.45. The first-order chi connectivity index (χ1) is 5.83. The van der Waals surface area contributed by atoms with Crippen LogP contribution < -0.4 is 0 Å². The van der Waals surface area contributed by atoms with E-state index >= 15 is 0 Å². The molecule has 0 saturated carbocycles. The van der Waals surface area contributed by atoms with Gasteiger partial charge >= 0.3 is 84.6 Å². The Kier molecular flexibility index (Phi) is 4.49. The van der Waals surface area contributed by atoms with Crippen molar-refractivity contribution in [2.75, 3.05) is 6.61 Å². The molecule has 0 N–H and O–H groups in total. The molecule has 0 atom stereocenters. The summed E-state index contributed by atoms with van der Waals surface area (Å²) >= 11 is 4.57. The summed E-state index contributed by atoms with van der Waals surface area (Å²) < 4.78 is 6.06. The summed E-state index contributed by atoms with van der Waals surface area (Å²) in [6.07, 6.45) is 3.97. The van der Waals surface area contributed by atoms with Gasteiger partial charge in [-0.15, -0.1) is 0 Å². The minimum atomic E-state index is 0.705. The van der Waals surface area contributed by atoms with Crippen LogP contribution in [0.5, 0.6) is 0 Å². The van der Waals surface area contributed by atoms with Crippen molar-refractivity contribution in [3.05, 3.63) is 28.5 Å². The Bertz CT molecular complexity index is 264. The number of hydrogen-bond donors (Lipinski definition) is 0. The molecule has 0 amide bonds. The summed E-state index contributed by atoms with van der Waals surface area (Å²) in [7, 11) is 0. The van der Waals surface area contributed by atoms with Gasteiger partial charge in [-0.05, 0) is 0 Å². The second-order valence-electron chi connectivity index (χ2n) is 2.10. The van der Waals surface area contributed by atoms with E-state index in [1.165, 1.54) is 4.88 Å². The molecule has 0 aliphatic rings. The first-order valence-corrected chi connectivity index (χ1v) is 5.23. The zero-order chi connectivity index (χ0) is 8.81. The summed E-state index contributed by atoms with van der Waals surface area (Å²) in [5.41, 5.74) is 0. The average molecular weight is 218 g/mol. The molecule has 0 bridgehead atoms. The fraction of sp³-hybridized carbons (Fsp3) is 0.222. The van der Waals surface area contributed by atoms with Crippen LogP contribution in [0, 0.1) is 0 Å². The third kappa shape index (κ3) is 3.47. The standard InChI is InChI=1S/C9H10OS.Cr/c1-2-10-7-3-5-9-6-4-8-11-9;/h3-6,8H,2H2,1H3;/b5-3+;. The van der Waals surface area contributed by atoms with Crippen molar-refractivity contribution in [1.29, 1.82) is 0 Å². The van der Waals surface area contributed by atoms with Crippen LogP contribution >= 0.6 is 11.3 Å². The van der Waals surface area contributed by atoms with Crippen molar-refractivity contribution < 1.29 is 20.6 Å². The molecule has 1 heterocycles. The number of ether oxygens (including phenoxy) is 1. The van der Waals surface area contributed by atoms with Crippen LogP contribution in [0.3, 0.4) is 0 Å². The SMILES string of the molecule is CCO[C](=[Cr])/C=C/c1cccs1. The summed E-state index contributed by atoms with van der Waals surface area (Å²) in [5, 5.41) is 2.05. The zero-order valence-electron chi connectivity index (χ0n) is 6.82. The fourth-order valence-corrected chi connectivity index (χ4v) is 1.63. The van der Waals surface area contributed by atoms with Crippen molar-refractivity contribution in [2.24, 2.45) is 0 Å². The Morgan fingerprint density at radius 3 is 3.17 bits per heavy atom. The van der Waals surface area contributed by atoms with E-state index in [0.29, 0.717) is 6.61 Å². The van der Waals surface area contributed by atoms with Gasteiger partial charge in [-0.1, -0.05) is 0 Å². The van der Waals surface area contributed by atoms with Crippen molar-refractivity contribution in [2.45, 2.75) is 6.92 Å². The maximum atomic E-state index is 5.22. The second kappa shape index (κ2) is 5.45. The maximum absolute atomic E-state index is 5.22. The quantitative estimate of drug-likeness (QED) is 0.754. The molecule has 12 heavy (non-hydrogen) atoms. The molecule has 0 aliphatic carbocycles. The van der Waals surface area contributed by atoms with Gasteiger partial charge in [-0.2, -0.15) is 0 Å². The molecule has 0 aromatic carbocycles. The summed E-state index contributed by atoms with van der Waals surface area (Å²) in [6, 6.07) is 4.10. The van der Waals surface area contributed by atoms with E-state index in [4.69, 9.17) is 4.74 Å². The minimum absolute atomic E-state index is 0.705. The first-order valence-electron chi connectivity index (χ1n) is 3.71. The molecule has 1 rings (SSSR count). The Labute approximate surface area is 84.6 Å². The van der Waals surface area contributed by atoms with E-state index in [1.54, 1.807) is 11.3 Å². The molecule has 0 aliphatic heterocycles. The second-order valence-corrected chi connectivity index (χ2v) is 3.71. The van der Waals surface area contributed by atoms with E-state index in [2.05, 4.69) is 27.3 Å². The van der Waals surface area contributed by atoms with E-state index in [-0.39, 0.29) is 0 Å². The van der Waals surface area contributed by atoms with Gasteiger partial charge < -0.3 is 0 Å². The third-order valence-electron chi connectivity index (χ3n) is 1.21. The molecule has 0 radical (unpaired) electrons. The van der Waals surface area contributed by atoms with Gasteiger partial charge in [-0.3, -0.25) is 0 Å². The van der Waals surface area contributed by atoms with Crippen LogP contribution in [0.25, 0.3) is 6.08 Å². The molecule has 1 aromatic heterocycles. The fourth-order valence-electron chi connectivity index (χ4n) is 0.727. The topological polar surface area (TPSA) is 9.23 Å². The molecule has 1 nitrogen and oxygen atoms in total. The van der Waals surface area contributed by atoms with E-state index in [9.17, 15) is 0 Å². The third-order valence-corrected chi connectivity index (χ3v) is 2.45. The van der Waals surface area contributed by atoms with Crippen molar-refractivity contribution in [1.82, 2.24) is 0 Å². The van der Waals surface area contributed by atoms with Crippen molar-refractivity contribution in [3.63, 3.8) is 0 Å². The van der Waals surface area contributed by atoms with Gasteiger partial charge in [0.25, 0.3) is 0 Å². The molecular weight excluding hydrogens is 208 g/mol. The molecule has 3 heteroatoms. The predicted molar refractivity (Wildman–Crippen MR) is 50.0 cm³/mol. The first kappa shape index (κ1) is 9.89. The molecular formula is C9H10CrOS. The summed E-state index contributed by atoms with van der Waals surface area (Å²) in [5.74, 6) is 0. The normalized spacial score (nSPS) is 10.8. The summed E-state index contributed by atoms with van der Waals surface area (Å²) in [6.45, 7) is 2.67. The number of hydrogen-bond acceptors (Lipinski definition) is 2. The van der Waals surface area contributed by atoms with Gasteiger partial charge in [0, 0.05) is 0 Å². The van der Waals surface area contributed by atoms with Crippen LogP contribution in [-0.2, 0) is 20.6 Å². The average Bonchev–Trinajstić information content (AvgIpc) is 2.53. The van der Waals surface area contributed by atoms with Gasteiger partial charge in [-0.25, -0.2) is 0 Å². The van der Waals surface area contributed by atoms with Crippen LogP contribution in [0.15, 0.2) is 23.6 Å². The Morgan fingerprint density at radius 1 is 1.75 bits per heavy atom. The Morgan fingerprint density at radius 2 is 2.58 bits per heavy atom.